The zero-order valence-electron chi connectivity index (χ0n) is 13.7. The maximum Gasteiger partial charge on any atom is 0.138 e. The van der Waals surface area contributed by atoms with E-state index in [0.717, 1.165) is 23.1 Å². The molecule has 4 nitrogen and oxygen atoms in total. The molecule has 0 aliphatic rings. The van der Waals surface area contributed by atoms with Gasteiger partial charge < -0.3 is 10.2 Å². The number of aryl methyl sites for hydroxylation is 1. The fourth-order valence-corrected chi connectivity index (χ4v) is 1.97. The molecule has 21 heavy (non-hydrogen) atoms. The van der Waals surface area contributed by atoms with E-state index >= 15 is 0 Å². The van der Waals surface area contributed by atoms with Crippen LogP contribution in [-0.2, 0) is 5.41 Å². The van der Waals surface area contributed by atoms with Gasteiger partial charge in [-0.15, -0.1) is 0 Å². The number of aromatic nitrogens is 2. The molecule has 1 N–H and O–H groups in total. The molecule has 0 atom stereocenters. The van der Waals surface area contributed by atoms with Crippen LogP contribution in [-0.4, -0.2) is 24.1 Å². The second kappa shape index (κ2) is 5.72. The van der Waals surface area contributed by atoms with Gasteiger partial charge in [0.25, 0.3) is 0 Å². The number of nitrogens with zero attached hydrogens (tertiary/aromatic N) is 3. The molecule has 0 radical (unpaired) electrons. The molecule has 0 aliphatic heterocycles. The van der Waals surface area contributed by atoms with E-state index in [4.69, 9.17) is 4.98 Å². The van der Waals surface area contributed by atoms with Gasteiger partial charge in [-0.2, -0.15) is 0 Å². The third-order valence-electron chi connectivity index (χ3n) is 3.40. The predicted molar refractivity (Wildman–Crippen MR) is 89.5 cm³/mol. The topological polar surface area (TPSA) is 41.0 Å². The first kappa shape index (κ1) is 15.3. The van der Waals surface area contributed by atoms with Crippen molar-refractivity contribution in [2.45, 2.75) is 33.1 Å². The fraction of sp³-hybridized carbons (Fsp3) is 0.412. The maximum atomic E-state index is 4.73. The Morgan fingerprint density at radius 1 is 1.05 bits per heavy atom. The SMILES string of the molecule is CNc1cc(N(C)c2ccc(C)cc2)nc(C(C)(C)C)n1. The van der Waals surface area contributed by atoms with Gasteiger partial charge in [0, 0.05) is 31.3 Å². The van der Waals surface area contributed by atoms with Crippen molar-refractivity contribution in [3.63, 3.8) is 0 Å². The molecule has 0 aliphatic carbocycles. The Kier molecular flexibility index (Phi) is 4.16. The van der Waals surface area contributed by atoms with Crippen molar-refractivity contribution in [2.75, 3.05) is 24.3 Å². The molecule has 2 rings (SSSR count). The highest BCUT2D eigenvalue weighted by molar-refractivity contribution is 5.62. The van der Waals surface area contributed by atoms with Gasteiger partial charge >= 0.3 is 0 Å². The Bertz CT molecular complexity index is 612. The second-order valence-corrected chi connectivity index (χ2v) is 6.33. The molecule has 1 aromatic heterocycles. The van der Waals surface area contributed by atoms with Gasteiger partial charge in [0.2, 0.25) is 0 Å². The van der Waals surface area contributed by atoms with Crippen LogP contribution >= 0.6 is 0 Å². The average Bonchev–Trinajstić information content (AvgIpc) is 2.46. The zero-order chi connectivity index (χ0) is 15.6. The van der Waals surface area contributed by atoms with Crippen molar-refractivity contribution in [1.29, 1.82) is 0 Å². The highest BCUT2D eigenvalue weighted by atomic mass is 15.2. The van der Waals surface area contributed by atoms with E-state index in [1.165, 1.54) is 5.56 Å². The van der Waals surface area contributed by atoms with Crippen LogP contribution in [0, 0.1) is 6.92 Å². The van der Waals surface area contributed by atoms with Crippen molar-refractivity contribution in [1.82, 2.24) is 9.97 Å². The first-order chi connectivity index (χ1) is 9.81. The van der Waals surface area contributed by atoms with Crippen LogP contribution in [0.15, 0.2) is 30.3 Å². The maximum absolute atomic E-state index is 4.73. The van der Waals surface area contributed by atoms with Crippen LogP contribution in [0.5, 0.6) is 0 Å². The van der Waals surface area contributed by atoms with E-state index in [-0.39, 0.29) is 5.41 Å². The summed E-state index contributed by atoms with van der Waals surface area (Å²) < 4.78 is 0. The molecule has 4 heteroatoms. The predicted octanol–water partition coefficient (Wildman–Crippen LogP) is 3.89. The molecule has 0 saturated carbocycles. The normalized spacial score (nSPS) is 11.3. The largest absolute Gasteiger partial charge is 0.373 e. The number of nitrogens with one attached hydrogen (secondary N) is 1. The molecule has 0 bridgehead atoms. The smallest absolute Gasteiger partial charge is 0.138 e. The monoisotopic (exact) mass is 284 g/mol. The Morgan fingerprint density at radius 3 is 2.19 bits per heavy atom. The number of hydrogen-bond acceptors (Lipinski definition) is 4. The van der Waals surface area contributed by atoms with Crippen LogP contribution < -0.4 is 10.2 Å². The van der Waals surface area contributed by atoms with Gasteiger partial charge in [0.05, 0.1) is 0 Å². The number of hydrogen-bond donors (Lipinski definition) is 1. The van der Waals surface area contributed by atoms with E-state index in [9.17, 15) is 0 Å². The van der Waals surface area contributed by atoms with Crippen molar-refractivity contribution in [3.8, 4) is 0 Å². The van der Waals surface area contributed by atoms with E-state index in [1.807, 2.05) is 20.2 Å². The lowest BCUT2D eigenvalue weighted by molar-refractivity contribution is 0.546. The molecule has 2 aromatic rings. The van der Waals surface area contributed by atoms with Crippen LogP contribution in [0.3, 0.4) is 0 Å². The second-order valence-electron chi connectivity index (χ2n) is 6.33. The van der Waals surface area contributed by atoms with E-state index in [0.29, 0.717) is 0 Å². The molecule has 0 spiro atoms. The van der Waals surface area contributed by atoms with Gasteiger partial charge in [-0.05, 0) is 19.1 Å². The van der Waals surface area contributed by atoms with Gasteiger partial charge in [-0.1, -0.05) is 38.5 Å². The van der Waals surface area contributed by atoms with Crippen molar-refractivity contribution in [3.05, 3.63) is 41.7 Å². The van der Waals surface area contributed by atoms with Crippen LogP contribution in [0.1, 0.15) is 32.2 Å². The van der Waals surface area contributed by atoms with Crippen LogP contribution in [0.4, 0.5) is 17.3 Å². The minimum absolute atomic E-state index is 0.0876. The molecule has 0 unspecified atom stereocenters. The van der Waals surface area contributed by atoms with E-state index in [1.54, 1.807) is 0 Å². The standard InChI is InChI=1S/C17H24N4/c1-12-7-9-13(10-8-12)21(6)15-11-14(18-5)19-16(20-15)17(2,3)4/h7-11H,1-6H3,(H,18,19,20). The summed E-state index contributed by atoms with van der Waals surface area (Å²) in [7, 11) is 3.91. The Labute approximate surface area is 127 Å². The first-order valence-corrected chi connectivity index (χ1v) is 7.19. The molecule has 1 heterocycles. The van der Waals surface area contributed by atoms with Crippen LogP contribution in [0.25, 0.3) is 0 Å². The molecule has 1 aromatic carbocycles. The minimum Gasteiger partial charge on any atom is -0.373 e. The summed E-state index contributed by atoms with van der Waals surface area (Å²) in [4.78, 5) is 11.4. The zero-order valence-corrected chi connectivity index (χ0v) is 13.7. The Hall–Kier alpha value is -2.10. The lowest BCUT2D eigenvalue weighted by Crippen LogP contribution is -2.20. The summed E-state index contributed by atoms with van der Waals surface area (Å²) >= 11 is 0. The van der Waals surface area contributed by atoms with Gasteiger partial charge in [-0.25, -0.2) is 9.97 Å². The highest BCUT2D eigenvalue weighted by Crippen LogP contribution is 2.27. The Balaban J connectivity index is 2.45. The van der Waals surface area contributed by atoms with E-state index in [2.05, 4.69) is 67.2 Å². The third-order valence-corrected chi connectivity index (χ3v) is 3.40. The lowest BCUT2D eigenvalue weighted by atomic mass is 9.96. The quantitative estimate of drug-likeness (QED) is 0.928. The number of anilines is 3. The highest BCUT2D eigenvalue weighted by Gasteiger charge is 2.20. The summed E-state index contributed by atoms with van der Waals surface area (Å²) in [6, 6.07) is 10.4. The summed E-state index contributed by atoms with van der Waals surface area (Å²) in [5.41, 5.74) is 2.28. The van der Waals surface area contributed by atoms with Gasteiger partial charge in [-0.3, -0.25) is 0 Å². The molecular formula is C17H24N4. The van der Waals surface area contributed by atoms with Gasteiger partial charge in [0.1, 0.15) is 17.5 Å². The fourth-order valence-electron chi connectivity index (χ4n) is 1.97. The number of benzene rings is 1. The number of rotatable bonds is 3. The van der Waals surface area contributed by atoms with Crippen molar-refractivity contribution in [2.24, 2.45) is 0 Å². The van der Waals surface area contributed by atoms with Crippen molar-refractivity contribution >= 4 is 17.3 Å². The Morgan fingerprint density at radius 2 is 1.67 bits per heavy atom. The van der Waals surface area contributed by atoms with Crippen LogP contribution in [0.2, 0.25) is 0 Å². The lowest BCUT2D eigenvalue weighted by Gasteiger charge is -2.23. The summed E-state index contributed by atoms with van der Waals surface area (Å²) in [6.45, 7) is 8.46. The van der Waals surface area contributed by atoms with Crippen molar-refractivity contribution < 1.29 is 0 Å². The molecular weight excluding hydrogens is 260 g/mol. The van der Waals surface area contributed by atoms with E-state index < -0.39 is 0 Å². The molecule has 0 amide bonds. The molecule has 112 valence electrons. The third kappa shape index (κ3) is 3.51. The molecule has 0 fully saturated rings. The minimum atomic E-state index is -0.0876. The molecule has 0 saturated heterocycles. The summed E-state index contributed by atoms with van der Waals surface area (Å²) in [5.74, 6) is 2.57. The summed E-state index contributed by atoms with van der Waals surface area (Å²) in [6.07, 6.45) is 0. The average molecular weight is 284 g/mol. The van der Waals surface area contributed by atoms with Gasteiger partial charge in [0.15, 0.2) is 0 Å². The first-order valence-electron chi connectivity index (χ1n) is 7.19. The summed E-state index contributed by atoms with van der Waals surface area (Å²) in [5, 5.41) is 3.12.